The first kappa shape index (κ1) is 30.2. The number of carbonyl (C=O) groups is 2. The molecule has 0 bridgehead atoms. The van der Waals surface area contributed by atoms with E-state index in [0.29, 0.717) is 50.4 Å². The van der Waals surface area contributed by atoms with Gasteiger partial charge in [0, 0.05) is 5.69 Å². The van der Waals surface area contributed by atoms with Gasteiger partial charge in [0.15, 0.2) is 15.8 Å². The molecule has 4 aromatic rings. The Labute approximate surface area is 270 Å². The van der Waals surface area contributed by atoms with Crippen LogP contribution in [0.3, 0.4) is 0 Å². The Hall–Kier alpha value is -3.28. The minimum absolute atomic E-state index is 0.176. The number of nitrogens with one attached hydrogen (secondary N) is 2. The molecule has 0 spiro atoms. The van der Waals surface area contributed by atoms with Crippen molar-refractivity contribution in [2.24, 2.45) is 0 Å². The number of thioether (sulfide) groups is 1. The van der Waals surface area contributed by atoms with Crippen molar-refractivity contribution in [3.05, 3.63) is 103 Å². The summed E-state index contributed by atoms with van der Waals surface area (Å²) in [5.41, 5.74) is 4.61. The van der Waals surface area contributed by atoms with Crippen LogP contribution in [0.5, 0.6) is 11.5 Å². The Kier molecular flexibility index (Phi) is 9.60. The van der Waals surface area contributed by atoms with Crippen molar-refractivity contribution >= 4 is 102 Å². The van der Waals surface area contributed by atoms with Crippen molar-refractivity contribution in [3.63, 3.8) is 0 Å². The number of urea groups is 1. The van der Waals surface area contributed by atoms with Crippen LogP contribution in [0.2, 0.25) is 10.0 Å². The Morgan fingerprint density at radius 1 is 1.05 bits per heavy atom. The zero-order valence-corrected chi connectivity index (χ0v) is 26.7. The Balaban J connectivity index is 1.32. The first-order valence-electron chi connectivity index (χ1n) is 12.6. The highest BCUT2D eigenvalue weighted by Crippen LogP contribution is 2.40. The van der Waals surface area contributed by atoms with Crippen LogP contribution in [0.4, 0.5) is 10.5 Å². The van der Waals surface area contributed by atoms with Crippen LogP contribution in [0.15, 0.2) is 82.2 Å². The zero-order chi connectivity index (χ0) is 29.8. The second-order valence-corrected chi connectivity index (χ2v) is 12.2. The number of nitrogens with zero attached hydrogens (tertiary/aromatic N) is 1. The summed E-state index contributed by atoms with van der Waals surface area (Å²) in [7, 11) is 0. The first-order chi connectivity index (χ1) is 20.2. The monoisotopic (exact) mass is 701 g/mol. The summed E-state index contributed by atoms with van der Waals surface area (Å²) < 4.78 is 13.0. The first-order valence-corrected chi connectivity index (χ1v) is 15.4. The minimum atomic E-state index is -0.667. The van der Waals surface area contributed by atoms with E-state index in [2.05, 4.69) is 44.9 Å². The molecule has 4 aromatic carbocycles. The van der Waals surface area contributed by atoms with Crippen molar-refractivity contribution in [1.29, 1.82) is 0 Å². The second-order valence-electron chi connectivity index (χ2n) is 8.90. The number of anilines is 1. The predicted octanol–water partition coefficient (Wildman–Crippen LogP) is 8.82. The number of amides is 3. The molecular formula is C30H22BrCl2N3O4S2. The molecule has 1 fully saturated rings. The van der Waals surface area contributed by atoms with Crippen LogP contribution in [-0.4, -0.2) is 27.9 Å². The van der Waals surface area contributed by atoms with Gasteiger partial charge in [0.05, 0.1) is 26.0 Å². The molecule has 214 valence electrons. The smallest absolute Gasteiger partial charge is 0.338 e. The quantitative estimate of drug-likeness (QED) is 0.141. The third-order valence-electron chi connectivity index (χ3n) is 6.07. The van der Waals surface area contributed by atoms with Crippen LogP contribution >= 0.6 is 63.1 Å². The highest BCUT2D eigenvalue weighted by Gasteiger charge is 2.34. The fraction of sp³-hybridized carbons (Fsp3) is 0.100. The van der Waals surface area contributed by atoms with E-state index < -0.39 is 11.9 Å². The third-order valence-corrected chi connectivity index (χ3v) is 8.70. The van der Waals surface area contributed by atoms with E-state index in [1.165, 1.54) is 6.07 Å². The molecule has 2 N–H and O–H groups in total. The van der Waals surface area contributed by atoms with Crippen LogP contribution in [0.1, 0.15) is 18.1 Å². The van der Waals surface area contributed by atoms with Crippen LogP contribution in [0, 0.1) is 0 Å². The fourth-order valence-electron chi connectivity index (χ4n) is 4.19. The van der Waals surface area contributed by atoms with Crippen molar-refractivity contribution in [2.45, 2.75) is 13.5 Å². The average Bonchev–Trinajstić information content (AvgIpc) is 3.22. The highest BCUT2D eigenvalue weighted by atomic mass is 79.9. The standard InChI is InChI=1S/C30H22BrCl2N3O4S2/c1-2-39-25-13-17(12-22(31)27(25)40-16-19-8-5-7-18-6-3-4-9-21(18)19)14-26-28(37)36(30(41)42-26)35-29(38)34-20-10-11-23(32)24(33)15-20/h3-15H,2,16H2,1H3,(H2,34,35,38)/b26-14+. The van der Waals surface area contributed by atoms with Gasteiger partial charge in [-0.05, 0) is 93.4 Å². The molecular weight excluding hydrogens is 681 g/mol. The SMILES string of the molecule is CCOc1cc(/C=C2/SC(=S)N(NC(=O)Nc3ccc(Cl)c(Cl)c3)C2=O)cc(Br)c1OCc1cccc2ccccc12. The van der Waals surface area contributed by atoms with Crippen LogP contribution in [-0.2, 0) is 11.4 Å². The van der Waals surface area contributed by atoms with E-state index >= 15 is 0 Å². The number of ether oxygens (including phenoxy) is 2. The summed E-state index contributed by atoms with van der Waals surface area (Å²) in [4.78, 5) is 26.0. The van der Waals surface area contributed by atoms with Gasteiger partial charge in [0.1, 0.15) is 6.61 Å². The van der Waals surface area contributed by atoms with Crippen molar-refractivity contribution in [2.75, 3.05) is 11.9 Å². The molecule has 0 aliphatic carbocycles. The van der Waals surface area contributed by atoms with Gasteiger partial charge < -0.3 is 14.8 Å². The lowest BCUT2D eigenvalue weighted by molar-refractivity contribution is -0.123. The summed E-state index contributed by atoms with van der Waals surface area (Å²) in [5, 5.41) is 6.50. The Bertz CT molecular complexity index is 1750. The van der Waals surface area contributed by atoms with E-state index in [4.69, 9.17) is 44.9 Å². The van der Waals surface area contributed by atoms with Gasteiger partial charge in [-0.3, -0.25) is 4.79 Å². The number of rotatable bonds is 8. The molecule has 0 aromatic heterocycles. The van der Waals surface area contributed by atoms with E-state index in [1.807, 2.05) is 37.3 Å². The number of hydrogen-bond acceptors (Lipinski definition) is 6. The topological polar surface area (TPSA) is 79.9 Å². The molecule has 5 rings (SSSR count). The zero-order valence-electron chi connectivity index (χ0n) is 22.0. The van der Waals surface area contributed by atoms with Crippen molar-refractivity contribution in [1.82, 2.24) is 10.4 Å². The number of carbonyl (C=O) groups excluding carboxylic acids is 2. The van der Waals surface area contributed by atoms with E-state index in [0.717, 1.165) is 33.1 Å². The maximum atomic E-state index is 13.1. The predicted molar refractivity (Wildman–Crippen MR) is 177 cm³/mol. The largest absolute Gasteiger partial charge is 0.490 e. The third kappa shape index (κ3) is 6.85. The summed E-state index contributed by atoms with van der Waals surface area (Å²) >= 11 is 22.0. The molecule has 3 amide bonds. The molecule has 0 radical (unpaired) electrons. The number of hydrazine groups is 1. The van der Waals surface area contributed by atoms with Gasteiger partial charge in [0.25, 0.3) is 5.91 Å². The van der Waals surface area contributed by atoms with Gasteiger partial charge in [0.2, 0.25) is 0 Å². The van der Waals surface area contributed by atoms with Crippen LogP contribution < -0.4 is 20.2 Å². The molecule has 42 heavy (non-hydrogen) atoms. The number of fused-ring (bicyclic) bond motifs is 1. The number of halogens is 3. The van der Waals surface area contributed by atoms with E-state index in [-0.39, 0.29) is 9.34 Å². The number of hydrogen-bond donors (Lipinski definition) is 2. The Morgan fingerprint density at radius 2 is 1.83 bits per heavy atom. The van der Waals surface area contributed by atoms with E-state index in [1.54, 1.807) is 24.3 Å². The lowest BCUT2D eigenvalue weighted by Gasteiger charge is -2.16. The Morgan fingerprint density at radius 3 is 2.62 bits per heavy atom. The summed E-state index contributed by atoms with van der Waals surface area (Å²) in [6.45, 7) is 2.64. The molecule has 1 aliphatic heterocycles. The maximum absolute atomic E-state index is 13.1. The maximum Gasteiger partial charge on any atom is 0.338 e. The second kappa shape index (κ2) is 13.4. The van der Waals surface area contributed by atoms with Crippen molar-refractivity contribution in [3.8, 4) is 11.5 Å². The lowest BCUT2D eigenvalue weighted by atomic mass is 10.1. The molecule has 0 atom stereocenters. The fourth-order valence-corrected chi connectivity index (χ4v) is 6.24. The summed E-state index contributed by atoms with van der Waals surface area (Å²) in [6.07, 6.45) is 1.68. The van der Waals surface area contributed by atoms with Crippen LogP contribution in [0.25, 0.3) is 16.8 Å². The number of thiocarbonyl (C=S) groups is 1. The number of benzene rings is 4. The molecule has 0 saturated carbocycles. The van der Waals surface area contributed by atoms with Crippen molar-refractivity contribution < 1.29 is 19.1 Å². The molecule has 1 aliphatic rings. The van der Waals surface area contributed by atoms with E-state index in [9.17, 15) is 9.59 Å². The molecule has 7 nitrogen and oxygen atoms in total. The average molecular weight is 703 g/mol. The van der Waals surface area contributed by atoms with Gasteiger partial charge in [-0.2, -0.15) is 5.01 Å². The minimum Gasteiger partial charge on any atom is -0.490 e. The lowest BCUT2D eigenvalue weighted by Crippen LogP contribution is -2.46. The van der Waals surface area contributed by atoms with Gasteiger partial charge in [-0.25, -0.2) is 10.2 Å². The molecule has 1 heterocycles. The normalized spacial score (nSPS) is 14.0. The van der Waals surface area contributed by atoms with Gasteiger partial charge in [-0.15, -0.1) is 0 Å². The molecule has 12 heteroatoms. The summed E-state index contributed by atoms with van der Waals surface area (Å²) in [6, 6.07) is 21.8. The molecule has 1 saturated heterocycles. The highest BCUT2D eigenvalue weighted by molar-refractivity contribution is 9.10. The van der Waals surface area contributed by atoms with Gasteiger partial charge in [-0.1, -0.05) is 77.4 Å². The van der Waals surface area contributed by atoms with Gasteiger partial charge >= 0.3 is 6.03 Å². The summed E-state index contributed by atoms with van der Waals surface area (Å²) in [5.74, 6) is 0.600. The molecule has 0 unspecified atom stereocenters.